The highest BCUT2D eigenvalue weighted by atomic mass is 32.2. The number of aromatic nitrogens is 2. The lowest BCUT2D eigenvalue weighted by atomic mass is 10.1. The number of carbonyl (C=O) groups excluding carboxylic acids is 2. The maximum Gasteiger partial charge on any atom is 0.251 e. The highest BCUT2D eigenvalue weighted by Crippen LogP contribution is 2.15. The zero-order chi connectivity index (χ0) is 24.9. The molecule has 0 atom stereocenters. The molecule has 3 rings (SSSR count). The molecule has 0 aliphatic heterocycles. The maximum absolute atomic E-state index is 12.4. The average Bonchev–Trinajstić information content (AvgIpc) is 3.15. The second kappa shape index (κ2) is 10.6. The van der Waals surface area contributed by atoms with Crippen LogP contribution in [0.4, 0.5) is 0 Å². The van der Waals surface area contributed by atoms with Crippen molar-refractivity contribution in [3.05, 3.63) is 77.1 Å². The largest absolute Gasteiger partial charge is 0.354 e. The summed E-state index contributed by atoms with van der Waals surface area (Å²) in [5.74, 6) is -0.852. The molecule has 0 saturated heterocycles. The van der Waals surface area contributed by atoms with Crippen LogP contribution in [-0.4, -0.2) is 61.5 Å². The van der Waals surface area contributed by atoms with Crippen molar-refractivity contribution in [1.82, 2.24) is 24.7 Å². The number of hydrogen-bond acceptors (Lipinski definition) is 5. The number of nitrogens with zero attached hydrogens (tertiary/aromatic N) is 3. The molecule has 2 amide bonds. The summed E-state index contributed by atoms with van der Waals surface area (Å²) in [5.41, 5.74) is 4.23. The van der Waals surface area contributed by atoms with Crippen LogP contribution in [0.1, 0.15) is 27.3 Å². The molecule has 0 spiro atoms. The monoisotopic (exact) mass is 483 g/mol. The fourth-order valence-corrected chi connectivity index (χ4v) is 4.32. The van der Waals surface area contributed by atoms with Gasteiger partial charge in [0.15, 0.2) is 0 Å². The molecule has 0 fully saturated rings. The van der Waals surface area contributed by atoms with Gasteiger partial charge in [-0.3, -0.25) is 9.59 Å². The molecule has 1 heterocycles. The van der Waals surface area contributed by atoms with Gasteiger partial charge in [-0.05, 0) is 62.2 Å². The van der Waals surface area contributed by atoms with Gasteiger partial charge in [-0.25, -0.2) is 17.4 Å². The number of hydrogen-bond donors (Lipinski definition) is 2. The molecule has 0 aliphatic carbocycles. The molecule has 9 nitrogen and oxygen atoms in total. The quantitative estimate of drug-likeness (QED) is 0.482. The Bertz CT molecular complexity index is 1280. The average molecular weight is 484 g/mol. The van der Waals surface area contributed by atoms with Crippen LogP contribution < -0.4 is 10.6 Å². The molecule has 3 aromatic rings. The van der Waals surface area contributed by atoms with Crippen molar-refractivity contribution in [2.24, 2.45) is 0 Å². The lowest BCUT2D eigenvalue weighted by molar-refractivity contribution is -0.120. The van der Waals surface area contributed by atoms with Gasteiger partial charge in [-0.2, -0.15) is 5.10 Å². The summed E-state index contributed by atoms with van der Waals surface area (Å²) in [7, 11) is -0.816. The van der Waals surface area contributed by atoms with E-state index in [-0.39, 0.29) is 22.9 Å². The molecule has 34 heavy (non-hydrogen) atoms. The van der Waals surface area contributed by atoms with Crippen LogP contribution in [0.3, 0.4) is 0 Å². The van der Waals surface area contributed by atoms with Crippen molar-refractivity contribution >= 4 is 21.8 Å². The number of nitrogens with one attached hydrogen (secondary N) is 2. The van der Waals surface area contributed by atoms with E-state index < -0.39 is 15.9 Å². The second-order valence-electron chi connectivity index (χ2n) is 8.10. The summed E-state index contributed by atoms with van der Waals surface area (Å²) < 4.78 is 27.4. The molecule has 0 radical (unpaired) electrons. The lowest BCUT2D eigenvalue weighted by Crippen LogP contribution is -2.37. The van der Waals surface area contributed by atoms with Crippen molar-refractivity contribution in [3.63, 3.8) is 0 Å². The predicted octanol–water partition coefficient (Wildman–Crippen LogP) is 1.83. The summed E-state index contributed by atoms with van der Waals surface area (Å²) in [5, 5.41) is 9.76. The van der Waals surface area contributed by atoms with E-state index in [1.807, 2.05) is 48.9 Å². The van der Waals surface area contributed by atoms with E-state index in [1.54, 1.807) is 0 Å². The highest BCUT2D eigenvalue weighted by molar-refractivity contribution is 7.89. The number of sulfonamides is 1. The summed E-state index contributed by atoms with van der Waals surface area (Å²) >= 11 is 0. The van der Waals surface area contributed by atoms with Gasteiger partial charge in [0.05, 0.1) is 22.8 Å². The van der Waals surface area contributed by atoms with Crippen LogP contribution in [-0.2, 0) is 21.2 Å². The maximum atomic E-state index is 12.4. The topological polar surface area (TPSA) is 113 Å². The highest BCUT2D eigenvalue weighted by Gasteiger charge is 2.19. The van der Waals surface area contributed by atoms with Gasteiger partial charge in [0.25, 0.3) is 5.91 Å². The number of benzene rings is 2. The third kappa shape index (κ3) is 6.09. The van der Waals surface area contributed by atoms with Gasteiger partial charge in [-0.15, -0.1) is 0 Å². The summed E-state index contributed by atoms with van der Waals surface area (Å²) in [6.45, 7) is 4.17. The molecule has 180 valence electrons. The van der Waals surface area contributed by atoms with Crippen LogP contribution in [0.25, 0.3) is 5.69 Å². The number of amides is 2. The Morgan fingerprint density at radius 1 is 1.00 bits per heavy atom. The van der Waals surface area contributed by atoms with Gasteiger partial charge in [0.1, 0.15) is 0 Å². The van der Waals surface area contributed by atoms with Crippen LogP contribution in [0.5, 0.6) is 0 Å². The molecule has 0 unspecified atom stereocenters. The van der Waals surface area contributed by atoms with Gasteiger partial charge in [-0.1, -0.05) is 18.2 Å². The zero-order valence-electron chi connectivity index (χ0n) is 19.7. The Balaban J connectivity index is 1.47. The van der Waals surface area contributed by atoms with Crippen molar-refractivity contribution < 1.29 is 18.0 Å². The van der Waals surface area contributed by atoms with Crippen molar-refractivity contribution in [2.75, 3.05) is 27.2 Å². The minimum absolute atomic E-state index is 0.0125. The lowest BCUT2D eigenvalue weighted by Gasteiger charge is -2.12. The van der Waals surface area contributed by atoms with Crippen LogP contribution in [0, 0.1) is 13.8 Å². The second-order valence-corrected chi connectivity index (χ2v) is 10.3. The fourth-order valence-electron chi connectivity index (χ4n) is 3.37. The molecule has 10 heteroatoms. The minimum atomic E-state index is -3.65. The Kier molecular flexibility index (Phi) is 7.85. The first-order valence-electron chi connectivity index (χ1n) is 10.8. The third-order valence-corrected chi connectivity index (χ3v) is 7.02. The first-order valence-corrected chi connectivity index (χ1v) is 12.2. The molecule has 1 aromatic heterocycles. The van der Waals surface area contributed by atoms with E-state index in [4.69, 9.17) is 0 Å². The van der Waals surface area contributed by atoms with Crippen molar-refractivity contribution in [1.29, 1.82) is 0 Å². The van der Waals surface area contributed by atoms with Crippen LogP contribution in [0.15, 0.2) is 59.5 Å². The van der Waals surface area contributed by atoms with E-state index in [9.17, 15) is 18.0 Å². The molecular weight excluding hydrogens is 454 g/mol. The van der Waals surface area contributed by atoms with Crippen LogP contribution >= 0.6 is 0 Å². The Labute approximate surface area is 199 Å². The smallest absolute Gasteiger partial charge is 0.251 e. The fraction of sp³-hybridized carbons (Fsp3) is 0.292. The SMILES string of the molecule is Cc1cc(C)n(-c2ccc(CCNC(=O)CNC(=O)c3cccc(S(=O)(=O)N(C)C)c3)cc2)n1. The number of rotatable bonds is 9. The zero-order valence-corrected chi connectivity index (χ0v) is 20.5. The molecule has 0 bridgehead atoms. The standard InChI is InChI=1S/C24H29N5O4S/c1-17-14-18(2)29(27-17)21-10-8-19(9-11-21)12-13-25-23(30)16-26-24(31)20-6-5-7-22(15-20)34(32,33)28(3)4/h5-11,14-15H,12-13,16H2,1-4H3,(H,25,30)(H,26,31). The Hall–Kier alpha value is -3.50. The Morgan fingerprint density at radius 2 is 1.71 bits per heavy atom. The van der Waals surface area contributed by atoms with E-state index >= 15 is 0 Å². The summed E-state index contributed by atoms with van der Waals surface area (Å²) in [6, 6.07) is 15.7. The van der Waals surface area contributed by atoms with Gasteiger partial charge in [0.2, 0.25) is 15.9 Å². The summed E-state index contributed by atoms with van der Waals surface area (Å²) in [4.78, 5) is 24.5. The molecule has 0 saturated carbocycles. The predicted molar refractivity (Wildman–Crippen MR) is 129 cm³/mol. The van der Waals surface area contributed by atoms with Crippen molar-refractivity contribution in [2.45, 2.75) is 25.2 Å². The molecular formula is C24H29N5O4S. The first-order chi connectivity index (χ1) is 16.1. The normalized spacial score (nSPS) is 11.4. The van der Waals surface area contributed by atoms with E-state index in [0.717, 1.165) is 26.9 Å². The van der Waals surface area contributed by atoms with E-state index in [2.05, 4.69) is 15.7 Å². The van der Waals surface area contributed by atoms with Gasteiger partial charge >= 0.3 is 0 Å². The molecule has 0 aliphatic rings. The summed E-state index contributed by atoms with van der Waals surface area (Å²) in [6.07, 6.45) is 0.640. The molecule has 2 N–H and O–H groups in total. The Morgan fingerprint density at radius 3 is 2.32 bits per heavy atom. The minimum Gasteiger partial charge on any atom is -0.354 e. The van der Waals surface area contributed by atoms with Crippen LogP contribution in [0.2, 0.25) is 0 Å². The van der Waals surface area contributed by atoms with E-state index in [1.165, 1.54) is 38.4 Å². The number of carbonyl (C=O) groups is 2. The third-order valence-electron chi connectivity index (χ3n) is 5.21. The van der Waals surface area contributed by atoms with Gasteiger partial charge in [0, 0.05) is 31.9 Å². The first kappa shape index (κ1) is 25.1. The number of aryl methyl sites for hydroxylation is 2. The van der Waals surface area contributed by atoms with Crippen molar-refractivity contribution in [3.8, 4) is 5.69 Å². The van der Waals surface area contributed by atoms with E-state index in [0.29, 0.717) is 13.0 Å². The van der Waals surface area contributed by atoms with Gasteiger partial charge < -0.3 is 10.6 Å². The molecule has 2 aromatic carbocycles.